The van der Waals surface area contributed by atoms with Gasteiger partial charge in [0.1, 0.15) is 4.90 Å². The van der Waals surface area contributed by atoms with Crippen molar-refractivity contribution in [3.05, 3.63) is 34.9 Å². The Morgan fingerprint density at radius 3 is 2.74 bits per heavy atom. The predicted molar refractivity (Wildman–Crippen MR) is 73.8 cm³/mol. The van der Waals surface area contributed by atoms with Gasteiger partial charge in [0.25, 0.3) is 10.0 Å². The quantitative estimate of drug-likeness (QED) is 0.854. The Labute approximate surface area is 116 Å². The van der Waals surface area contributed by atoms with E-state index in [1.54, 1.807) is 6.08 Å². The largest absolute Gasteiger partial charge is 0.336 e. The van der Waals surface area contributed by atoms with Gasteiger partial charge in [-0.3, -0.25) is 0 Å². The lowest BCUT2D eigenvalue weighted by Gasteiger charge is -2.28. The van der Waals surface area contributed by atoms with Crippen LogP contribution in [0.3, 0.4) is 0 Å². The molecule has 7 heteroatoms. The van der Waals surface area contributed by atoms with Gasteiger partial charge in [0.2, 0.25) is 0 Å². The van der Waals surface area contributed by atoms with Gasteiger partial charge in [-0.25, -0.2) is 17.5 Å². The van der Waals surface area contributed by atoms with Gasteiger partial charge >= 0.3 is 6.03 Å². The van der Waals surface area contributed by atoms with Crippen LogP contribution in [0, 0.1) is 0 Å². The van der Waals surface area contributed by atoms with Crippen molar-refractivity contribution >= 4 is 33.3 Å². The number of allylic oxidation sites excluding steroid dienone is 1. The van der Waals surface area contributed by atoms with E-state index in [1.807, 2.05) is 13.8 Å². The number of rotatable bonds is 2. The zero-order chi connectivity index (χ0) is 14.2. The second kappa shape index (κ2) is 4.86. The molecule has 1 aromatic rings. The standard InChI is InChI=1S/C12H13ClN2O3S/c1-8(2)5-6-15-12(16)14-10-4-3-9(13)7-11(10)19(15,17)18/h3-5,7H,6H2,1-2H3,(H,14,16). The van der Waals surface area contributed by atoms with Crippen molar-refractivity contribution in [3.8, 4) is 0 Å². The van der Waals surface area contributed by atoms with E-state index in [4.69, 9.17) is 11.6 Å². The molecule has 1 N–H and O–H groups in total. The van der Waals surface area contributed by atoms with Crippen LogP contribution in [0.2, 0.25) is 5.02 Å². The second-order valence-electron chi connectivity index (χ2n) is 4.39. The van der Waals surface area contributed by atoms with Crippen molar-refractivity contribution in [2.45, 2.75) is 18.7 Å². The number of amides is 2. The molecule has 0 saturated heterocycles. The molecule has 1 heterocycles. The fourth-order valence-electron chi connectivity index (χ4n) is 1.66. The summed E-state index contributed by atoms with van der Waals surface area (Å²) in [7, 11) is -3.86. The first-order valence-electron chi connectivity index (χ1n) is 5.59. The maximum absolute atomic E-state index is 12.4. The van der Waals surface area contributed by atoms with E-state index in [-0.39, 0.29) is 17.1 Å². The Morgan fingerprint density at radius 1 is 1.42 bits per heavy atom. The summed E-state index contributed by atoms with van der Waals surface area (Å²) in [6, 6.07) is 3.68. The number of benzene rings is 1. The van der Waals surface area contributed by atoms with Gasteiger partial charge in [0, 0.05) is 5.02 Å². The molecule has 0 atom stereocenters. The Balaban J connectivity index is 2.51. The molecule has 5 nitrogen and oxygen atoms in total. The summed E-state index contributed by atoms with van der Waals surface area (Å²) in [6.07, 6.45) is 1.67. The zero-order valence-corrected chi connectivity index (χ0v) is 12.0. The molecule has 1 aromatic carbocycles. The summed E-state index contributed by atoms with van der Waals surface area (Å²) in [5, 5.41) is 2.84. The third-order valence-corrected chi connectivity index (χ3v) is 4.67. The minimum Gasteiger partial charge on any atom is -0.306 e. The normalized spacial score (nSPS) is 16.6. The van der Waals surface area contributed by atoms with Crippen molar-refractivity contribution < 1.29 is 13.2 Å². The van der Waals surface area contributed by atoms with E-state index in [2.05, 4.69) is 5.32 Å². The molecule has 0 unspecified atom stereocenters. The SMILES string of the molecule is CC(C)=CCN1C(=O)Nc2ccc(Cl)cc2S1(=O)=O. The smallest absolute Gasteiger partial charge is 0.306 e. The molecule has 2 amide bonds. The molecular weight excluding hydrogens is 288 g/mol. The molecule has 0 spiro atoms. The Kier molecular flexibility index (Phi) is 3.56. The maximum Gasteiger partial charge on any atom is 0.336 e. The van der Waals surface area contributed by atoms with E-state index in [0.29, 0.717) is 5.02 Å². The van der Waals surface area contributed by atoms with Crippen LogP contribution in [0.25, 0.3) is 0 Å². The van der Waals surface area contributed by atoms with Crippen molar-refractivity contribution in [2.24, 2.45) is 0 Å². The lowest BCUT2D eigenvalue weighted by Crippen LogP contribution is -2.44. The molecule has 0 radical (unpaired) electrons. The highest BCUT2D eigenvalue weighted by atomic mass is 35.5. The van der Waals surface area contributed by atoms with Gasteiger partial charge < -0.3 is 5.32 Å². The Bertz CT molecular complexity index is 664. The van der Waals surface area contributed by atoms with Gasteiger partial charge in [0.05, 0.1) is 12.2 Å². The molecule has 2 rings (SSSR count). The zero-order valence-electron chi connectivity index (χ0n) is 10.5. The number of halogens is 1. The number of hydrogen-bond donors (Lipinski definition) is 1. The summed E-state index contributed by atoms with van der Waals surface area (Å²) in [5.41, 5.74) is 1.18. The highest BCUT2D eigenvalue weighted by Crippen LogP contribution is 2.32. The summed E-state index contributed by atoms with van der Waals surface area (Å²) in [4.78, 5) is 11.9. The number of hydrogen-bond acceptors (Lipinski definition) is 3. The maximum atomic E-state index is 12.4. The van der Waals surface area contributed by atoms with E-state index in [1.165, 1.54) is 18.2 Å². The molecule has 0 bridgehead atoms. The van der Waals surface area contributed by atoms with Gasteiger partial charge in [-0.05, 0) is 32.0 Å². The Morgan fingerprint density at radius 2 is 2.11 bits per heavy atom. The van der Waals surface area contributed by atoms with Crippen molar-refractivity contribution in [2.75, 3.05) is 11.9 Å². The third-order valence-electron chi connectivity index (χ3n) is 2.65. The second-order valence-corrected chi connectivity index (χ2v) is 6.66. The fourth-order valence-corrected chi connectivity index (χ4v) is 3.35. The number of nitrogens with zero attached hydrogens (tertiary/aromatic N) is 1. The van der Waals surface area contributed by atoms with Crippen LogP contribution in [0.5, 0.6) is 0 Å². The van der Waals surface area contributed by atoms with Gasteiger partial charge in [-0.2, -0.15) is 0 Å². The van der Waals surface area contributed by atoms with Gasteiger partial charge in [0.15, 0.2) is 0 Å². The van der Waals surface area contributed by atoms with Crippen LogP contribution >= 0.6 is 11.6 Å². The number of anilines is 1. The lowest BCUT2D eigenvalue weighted by atomic mass is 10.3. The van der Waals surface area contributed by atoms with Crippen molar-refractivity contribution in [1.29, 1.82) is 0 Å². The number of nitrogens with one attached hydrogen (secondary N) is 1. The van der Waals surface area contributed by atoms with Crippen molar-refractivity contribution in [1.82, 2.24) is 4.31 Å². The first kappa shape index (κ1) is 13.9. The minimum atomic E-state index is -3.86. The highest BCUT2D eigenvalue weighted by Gasteiger charge is 2.35. The third kappa shape index (κ3) is 2.59. The molecule has 102 valence electrons. The average molecular weight is 301 g/mol. The Hall–Kier alpha value is -1.53. The highest BCUT2D eigenvalue weighted by molar-refractivity contribution is 7.90. The van der Waals surface area contributed by atoms with Gasteiger partial charge in [-0.1, -0.05) is 23.3 Å². The summed E-state index contributed by atoms with van der Waals surface area (Å²) in [6.45, 7) is 3.67. The molecule has 0 aliphatic carbocycles. The monoisotopic (exact) mass is 300 g/mol. The number of fused-ring (bicyclic) bond motifs is 1. The lowest BCUT2D eigenvalue weighted by molar-refractivity contribution is 0.237. The van der Waals surface area contributed by atoms with Crippen LogP contribution in [0.15, 0.2) is 34.7 Å². The van der Waals surface area contributed by atoms with Crippen LogP contribution in [0.1, 0.15) is 13.8 Å². The molecule has 19 heavy (non-hydrogen) atoms. The van der Waals surface area contributed by atoms with Crippen LogP contribution in [-0.4, -0.2) is 25.3 Å². The van der Waals surface area contributed by atoms with Crippen LogP contribution < -0.4 is 5.32 Å². The summed E-state index contributed by atoms with van der Waals surface area (Å²) >= 11 is 5.81. The summed E-state index contributed by atoms with van der Waals surface area (Å²) < 4.78 is 25.5. The first-order valence-corrected chi connectivity index (χ1v) is 7.41. The van der Waals surface area contributed by atoms with Crippen LogP contribution in [-0.2, 0) is 10.0 Å². The van der Waals surface area contributed by atoms with E-state index in [9.17, 15) is 13.2 Å². The molecule has 0 aromatic heterocycles. The topological polar surface area (TPSA) is 66.5 Å². The van der Waals surface area contributed by atoms with E-state index < -0.39 is 16.1 Å². The predicted octanol–water partition coefficient (Wildman–Crippen LogP) is 2.84. The first-order chi connectivity index (χ1) is 8.82. The van der Waals surface area contributed by atoms with Crippen LogP contribution in [0.4, 0.5) is 10.5 Å². The molecule has 1 aliphatic heterocycles. The van der Waals surface area contributed by atoms with E-state index >= 15 is 0 Å². The minimum absolute atomic E-state index is 0.00243. The fraction of sp³-hybridized carbons (Fsp3) is 0.250. The van der Waals surface area contributed by atoms with Crippen molar-refractivity contribution in [3.63, 3.8) is 0 Å². The summed E-state index contributed by atoms with van der Waals surface area (Å²) in [5.74, 6) is 0. The molecule has 0 fully saturated rings. The van der Waals surface area contributed by atoms with Gasteiger partial charge in [-0.15, -0.1) is 0 Å². The molecule has 1 aliphatic rings. The number of urea groups is 1. The average Bonchev–Trinajstić information content (AvgIpc) is 2.29. The number of carbonyl (C=O) groups excluding carboxylic acids is 1. The number of sulfonamides is 1. The van der Waals surface area contributed by atoms with E-state index in [0.717, 1.165) is 9.88 Å². The molecular formula is C12H13ClN2O3S. The molecule has 0 saturated carbocycles. The number of carbonyl (C=O) groups is 1.